The Hall–Kier alpha value is -1.33. The molecular weight excluding hydrogens is 365 g/mol. The summed E-state index contributed by atoms with van der Waals surface area (Å²) in [4.78, 5) is 11.9. The Morgan fingerprint density at radius 1 is 1.27 bits per heavy atom. The number of hydrogen-bond donors (Lipinski definition) is 1. The molecule has 0 fully saturated rings. The van der Waals surface area contributed by atoms with E-state index in [2.05, 4.69) is 21.2 Å². The van der Waals surface area contributed by atoms with Crippen molar-refractivity contribution in [3.05, 3.63) is 69.9 Å². The first kappa shape index (κ1) is 17.0. The predicted octanol–water partition coefficient (Wildman–Crippen LogP) is 4.70. The van der Waals surface area contributed by atoms with E-state index in [4.69, 9.17) is 0 Å². The van der Waals surface area contributed by atoms with Crippen molar-refractivity contribution < 1.29 is 9.18 Å². The zero-order valence-electron chi connectivity index (χ0n) is 12.2. The van der Waals surface area contributed by atoms with Gasteiger partial charge in [0.05, 0.1) is 11.8 Å². The molecule has 0 aromatic heterocycles. The fourth-order valence-corrected chi connectivity index (χ4v) is 3.16. The van der Waals surface area contributed by atoms with Gasteiger partial charge in [0.15, 0.2) is 0 Å². The van der Waals surface area contributed by atoms with Crippen LogP contribution >= 0.6 is 27.7 Å². The molecule has 0 unspecified atom stereocenters. The highest BCUT2D eigenvalue weighted by Crippen LogP contribution is 2.20. The fourth-order valence-electron chi connectivity index (χ4n) is 2.00. The first-order valence-electron chi connectivity index (χ1n) is 6.92. The van der Waals surface area contributed by atoms with Crippen LogP contribution in [0, 0.1) is 5.82 Å². The van der Waals surface area contributed by atoms with Crippen LogP contribution in [-0.4, -0.2) is 11.7 Å². The minimum atomic E-state index is -0.250. The van der Waals surface area contributed by atoms with Gasteiger partial charge in [0, 0.05) is 10.2 Å². The second kappa shape index (κ2) is 8.34. The Balaban J connectivity index is 1.78. The molecule has 0 aliphatic heterocycles. The summed E-state index contributed by atoms with van der Waals surface area (Å²) < 4.78 is 14.4. The molecule has 0 spiro atoms. The largest absolute Gasteiger partial charge is 0.349 e. The maximum absolute atomic E-state index is 13.7. The molecule has 0 saturated carbocycles. The lowest BCUT2D eigenvalue weighted by Crippen LogP contribution is -2.28. The van der Waals surface area contributed by atoms with Gasteiger partial charge in [-0.05, 0) is 30.2 Å². The predicted molar refractivity (Wildman–Crippen MR) is 93.3 cm³/mol. The number of benzene rings is 2. The quantitative estimate of drug-likeness (QED) is 0.785. The van der Waals surface area contributed by atoms with Crippen LogP contribution < -0.4 is 5.32 Å². The van der Waals surface area contributed by atoms with Crippen molar-refractivity contribution in [2.75, 3.05) is 5.75 Å². The minimum absolute atomic E-state index is 0.0290. The molecular formula is C17H17BrFNOS. The molecule has 0 bridgehead atoms. The van der Waals surface area contributed by atoms with Crippen LogP contribution in [0.15, 0.2) is 53.0 Å². The monoisotopic (exact) mass is 381 g/mol. The van der Waals surface area contributed by atoms with E-state index in [1.54, 1.807) is 12.1 Å². The summed E-state index contributed by atoms with van der Waals surface area (Å²) in [7, 11) is 0. The second-order valence-electron chi connectivity index (χ2n) is 4.93. The number of thioether (sulfide) groups is 1. The molecule has 2 aromatic rings. The van der Waals surface area contributed by atoms with Crippen LogP contribution in [0.4, 0.5) is 4.39 Å². The summed E-state index contributed by atoms with van der Waals surface area (Å²) in [6.07, 6.45) is 0. The highest BCUT2D eigenvalue weighted by Gasteiger charge is 2.10. The van der Waals surface area contributed by atoms with Crippen molar-refractivity contribution in [2.45, 2.75) is 18.7 Å². The van der Waals surface area contributed by atoms with Gasteiger partial charge in [0.2, 0.25) is 5.91 Å². The van der Waals surface area contributed by atoms with E-state index in [1.807, 2.05) is 37.3 Å². The zero-order chi connectivity index (χ0) is 15.9. The van der Waals surface area contributed by atoms with Crippen molar-refractivity contribution in [2.24, 2.45) is 0 Å². The van der Waals surface area contributed by atoms with Gasteiger partial charge in [-0.25, -0.2) is 4.39 Å². The number of hydrogen-bond acceptors (Lipinski definition) is 2. The van der Waals surface area contributed by atoms with Gasteiger partial charge in [0.1, 0.15) is 5.82 Å². The van der Waals surface area contributed by atoms with Crippen molar-refractivity contribution >= 4 is 33.6 Å². The molecule has 0 aliphatic rings. The third kappa shape index (κ3) is 5.14. The molecule has 5 heteroatoms. The summed E-state index contributed by atoms with van der Waals surface area (Å²) >= 11 is 4.63. The van der Waals surface area contributed by atoms with Gasteiger partial charge >= 0.3 is 0 Å². The van der Waals surface area contributed by atoms with Crippen LogP contribution in [0.1, 0.15) is 24.1 Å². The standard InChI is InChI=1S/C17H17BrFNOS/c1-12(13-5-3-2-4-6-13)20-17(21)11-22-10-14-7-8-15(18)9-16(14)19/h2-9,12H,10-11H2,1H3,(H,20,21)/t12-/m0/s1. The zero-order valence-corrected chi connectivity index (χ0v) is 14.6. The third-order valence-electron chi connectivity index (χ3n) is 3.18. The number of halogens is 2. The van der Waals surface area contributed by atoms with Crippen LogP contribution in [0.3, 0.4) is 0 Å². The first-order valence-corrected chi connectivity index (χ1v) is 8.87. The summed E-state index contributed by atoms with van der Waals surface area (Å²) in [5.74, 6) is 0.498. The summed E-state index contributed by atoms with van der Waals surface area (Å²) in [6, 6.07) is 14.7. The lowest BCUT2D eigenvalue weighted by Gasteiger charge is -2.14. The smallest absolute Gasteiger partial charge is 0.230 e. The topological polar surface area (TPSA) is 29.1 Å². The molecule has 116 valence electrons. The third-order valence-corrected chi connectivity index (χ3v) is 4.66. The molecule has 2 nitrogen and oxygen atoms in total. The molecule has 1 amide bonds. The van der Waals surface area contributed by atoms with Gasteiger partial charge in [0.25, 0.3) is 0 Å². The first-order chi connectivity index (χ1) is 10.6. The van der Waals surface area contributed by atoms with E-state index in [9.17, 15) is 9.18 Å². The van der Waals surface area contributed by atoms with Crippen molar-refractivity contribution in [3.8, 4) is 0 Å². The Labute approximate surface area is 142 Å². The number of carbonyl (C=O) groups is 1. The lowest BCUT2D eigenvalue weighted by molar-refractivity contribution is -0.119. The van der Waals surface area contributed by atoms with Gasteiger partial charge in [-0.3, -0.25) is 4.79 Å². The highest BCUT2D eigenvalue weighted by atomic mass is 79.9. The molecule has 0 saturated heterocycles. The fraction of sp³-hybridized carbons (Fsp3) is 0.235. The van der Waals surface area contributed by atoms with Gasteiger partial charge in [-0.1, -0.05) is 52.3 Å². The Morgan fingerprint density at radius 2 is 2.00 bits per heavy atom. The Kier molecular flexibility index (Phi) is 6.46. The Morgan fingerprint density at radius 3 is 2.68 bits per heavy atom. The SMILES string of the molecule is C[C@H](NC(=O)CSCc1ccc(Br)cc1F)c1ccccc1. The number of rotatable bonds is 6. The van der Waals surface area contributed by atoms with Crippen molar-refractivity contribution in [1.29, 1.82) is 0 Å². The van der Waals surface area contributed by atoms with Crippen LogP contribution in [0.25, 0.3) is 0 Å². The number of amides is 1. The second-order valence-corrected chi connectivity index (χ2v) is 6.83. The van der Waals surface area contributed by atoms with Gasteiger partial charge < -0.3 is 5.32 Å². The summed E-state index contributed by atoms with van der Waals surface area (Å²) in [5.41, 5.74) is 1.68. The van der Waals surface area contributed by atoms with E-state index in [-0.39, 0.29) is 17.8 Å². The normalized spacial score (nSPS) is 12.0. The maximum Gasteiger partial charge on any atom is 0.230 e. The minimum Gasteiger partial charge on any atom is -0.349 e. The summed E-state index contributed by atoms with van der Waals surface area (Å²) in [5, 5.41) is 2.95. The molecule has 0 heterocycles. The molecule has 1 atom stereocenters. The Bertz CT molecular complexity index is 636. The molecule has 22 heavy (non-hydrogen) atoms. The van der Waals surface area contributed by atoms with Gasteiger partial charge in [-0.2, -0.15) is 0 Å². The highest BCUT2D eigenvalue weighted by molar-refractivity contribution is 9.10. The summed E-state index contributed by atoms with van der Waals surface area (Å²) in [6.45, 7) is 1.95. The van der Waals surface area contributed by atoms with E-state index in [1.165, 1.54) is 17.8 Å². The van der Waals surface area contributed by atoms with E-state index >= 15 is 0 Å². The number of nitrogens with one attached hydrogen (secondary N) is 1. The van der Waals surface area contributed by atoms with Crippen LogP contribution in [0.5, 0.6) is 0 Å². The molecule has 1 N–H and O–H groups in total. The van der Waals surface area contributed by atoms with Crippen molar-refractivity contribution in [3.63, 3.8) is 0 Å². The van der Waals surface area contributed by atoms with Crippen molar-refractivity contribution in [1.82, 2.24) is 5.32 Å². The maximum atomic E-state index is 13.7. The lowest BCUT2D eigenvalue weighted by atomic mass is 10.1. The van der Waals surface area contributed by atoms with Gasteiger partial charge in [-0.15, -0.1) is 11.8 Å². The van der Waals surface area contributed by atoms with E-state index in [0.717, 1.165) is 5.56 Å². The van der Waals surface area contributed by atoms with E-state index < -0.39 is 0 Å². The number of carbonyl (C=O) groups excluding carboxylic acids is 1. The molecule has 0 aliphatic carbocycles. The molecule has 0 radical (unpaired) electrons. The molecule has 2 aromatic carbocycles. The molecule has 2 rings (SSSR count). The average molecular weight is 382 g/mol. The van der Waals surface area contributed by atoms with Crippen LogP contribution in [-0.2, 0) is 10.5 Å². The van der Waals surface area contributed by atoms with Crippen LogP contribution in [0.2, 0.25) is 0 Å². The average Bonchev–Trinajstić information content (AvgIpc) is 2.50. The van der Waals surface area contributed by atoms with E-state index in [0.29, 0.717) is 21.5 Å².